The molecule has 0 spiro atoms. The topological polar surface area (TPSA) is 139 Å². The number of carbonyl (C=O) groups excluding carboxylic acids is 1. The van der Waals surface area contributed by atoms with Crippen molar-refractivity contribution in [1.82, 2.24) is 10.2 Å². The number of sulfonamides is 1. The van der Waals surface area contributed by atoms with Crippen molar-refractivity contribution < 1.29 is 18.1 Å². The highest BCUT2D eigenvalue weighted by atomic mass is 32.2. The summed E-state index contributed by atoms with van der Waals surface area (Å²) in [5.74, 6) is -0.301. The highest BCUT2D eigenvalue weighted by molar-refractivity contribution is 7.89. The SMILES string of the molecule is CN(C)CC(=O)N(c1ccc(S(N)(=O)=O)cc1[N+](=O)[O-])[C@@H]1CCNC1. The normalized spacial score (nSPS) is 17.7. The van der Waals surface area contributed by atoms with E-state index in [-0.39, 0.29) is 29.1 Å². The number of nitrogens with zero attached hydrogens (tertiary/aromatic N) is 3. The Kier molecular flexibility index (Phi) is 5.72. The number of amides is 1. The fraction of sp³-hybridized carbons (Fsp3) is 0.500. The van der Waals surface area contributed by atoms with Gasteiger partial charge in [-0.3, -0.25) is 14.9 Å². The second-order valence-corrected chi connectivity index (χ2v) is 7.66. The Morgan fingerprint density at radius 2 is 2.12 bits per heavy atom. The lowest BCUT2D eigenvalue weighted by Crippen LogP contribution is -2.46. The molecule has 11 heteroatoms. The molecule has 0 aromatic heterocycles. The zero-order valence-corrected chi connectivity index (χ0v) is 14.8. The summed E-state index contributed by atoms with van der Waals surface area (Å²) in [6.45, 7) is 1.28. The summed E-state index contributed by atoms with van der Waals surface area (Å²) in [6.07, 6.45) is 0.646. The number of carbonyl (C=O) groups is 1. The van der Waals surface area contributed by atoms with Gasteiger partial charge in [0.15, 0.2) is 0 Å². The molecule has 1 heterocycles. The summed E-state index contributed by atoms with van der Waals surface area (Å²) in [4.78, 5) is 26.1. The van der Waals surface area contributed by atoms with E-state index < -0.39 is 20.6 Å². The van der Waals surface area contributed by atoms with E-state index >= 15 is 0 Å². The summed E-state index contributed by atoms with van der Waals surface area (Å²) >= 11 is 0. The Labute approximate surface area is 145 Å². The van der Waals surface area contributed by atoms with Gasteiger partial charge in [-0.15, -0.1) is 0 Å². The van der Waals surface area contributed by atoms with E-state index in [0.717, 1.165) is 6.07 Å². The van der Waals surface area contributed by atoms with Crippen molar-refractivity contribution in [2.75, 3.05) is 38.6 Å². The minimum absolute atomic E-state index is 0.0675. The van der Waals surface area contributed by atoms with Crippen molar-refractivity contribution in [1.29, 1.82) is 0 Å². The van der Waals surface area contributed by atoms with Crippen molar-refractivity contribution in [3.05, 3.63) is 28.3 Å². The maximum absolute atomic E-state index is 12.7. The van der Waals surface area contributed by atoms with E-state index in [4.69, 9.17) is 5.14 Å². The third-order valence-electron chi connectivity index (χ3n) is 3.85. The summed E-state index contributed by atoms with van der Waals surface area (Å²) < 4.78 is 23.0. The Balaban J connectivity index is 2.55. The van der Waals surface area contributed by atoms with Crippen LogP contribution in [0.2, 0.25) is 0 Å². The van der Waals surface area contributed by atoms with Crippen molar-refractivity contribution in [2.24, 2.45) is 5.14 Å². The lowest BCUT2D eigenvalue weighted by atomic mass is 10.1. The molecule has 1 aliphatic rings. The van der Waals surface area contributed by atoms with Gasteiger partial charge in [0.2, 0.25) is 15.9 Å². The maximum Gasteiger partial charge on any atom is 0.294 e. The molecule has 0 saturated carbocycles. The first kappa shape index (κ1) is 19.2. The number of anilines is 1. The number of hydrogen-bond donors (Lipinski definition) is 2. The van der Waals surface area contributed by atoms with Crippen molar-refractivity contribution in [3.63, 3.8) is 0 Å². The van der Waals surface area contributed by atoms with Crippen LogP contribution in [0.4, 0.5) is 11.4 Å². The smallest absolute Gasteiger partial charge is 0.294 e. The first-order valence-corrected chi connectivity index (χ1v) is 9.14. The quantitative estimate of drug-likeness (QED) is 0.507. The van der Waals surface area contributed by atoms with E-state index in [1.807, 2.05) is 0 Å². The lowest BCUT2D eigenvalue weighted by Gasteiger charge is -2.29. The van der Waals surface area contributed by atoms with E-state index in [0.29, 0.717) is 19.5 Å². The first-order valence-electron chi connectivity index (χ1n) is 7.60. The highest BCUT2D eigenvalue weighted by Crippen LogP contribution is 2.33. The molecule has 0 aliphatic carbocycles. The number of hydrogen-bond acceptors (Lipinski definition) is 7. The van der Waals surface area contributed by atoms with Crippen molar-refractivity contribution in [3.8, 4) is 0 Å². The monoisotopic (exact) mass is 371 g/mol. The Morgan fingerprint density at radius 1 is 1.44 bits per heavy atom. The Hall–Kier alpha value is -2.08. The van der Waals surface area contributed by atoms with Gasteiger partial charge in [0.25, 0.3) is 5.69 Å². The number of nitro groups is 1. The zero-order chi connectivity index (χ0) is 18.8. The molecule has 1 saturated heterocycles. The molecule has 2 rings (SSSR count). The van der Waals surface area contributed by atoms with Crippen LogP contribution in [0, 0.1) is 10.1 Å². The van der Waals surface area contributed by atoms with Gasteiger partial charge in [-0.25, -0.2) is 13.6 Å². The number of primary sulfonamides is 1. The van der Waals surface area contributed by atoms with Gasteiger partial charge in [-0.05, 0) is 39.2 Å². The predicted octanol–water partition coefficient (Wildman–Crippen LogP) is -0.501. The highest BCUT2D eigenvalue weighted by Gasteiger charge is 2.33. The molecule has 1 amide bonds. The number of rotatable bonds is 6. The molecule has 138 valence electrons. The van der Waals surface area contributed by atoms with Crippen LogP contribution in [0.25, 0.3) is 0 Å². The molecule has 1 aromatic rings. The van der Waals surface area contributed by atoms with Crippen LogP contribution in [0.3, 0.4) is 0 Å². The van der Waals surface area contributed by atoms with E-state index in [2.05, 4.69) is 5.32 Å². The number of nitrogens with two attached hydrogens (primary N) is 1. The lowest BCUT2D eigenvalue weighted by molar-refractivity contribution is -0.384. The van der Waals surface area contributed by atoms with Gasteiger partial charge in [-0.1, -0.05) is 0 Å². The van der Waals surface area contributed by atoms with E-state index in [1.54, 1.807) is 19.0 Å². The third-order valence-corrected chi connectivity index (χ3v) is 4.76. The number of nitrogens with one attached hydrogen (secondary N) is 1. The summed E-state index contributed by atoms with van der Waals surface area (Å²) in [6, 6.07) is 3.09. The van der Waals surface area contributed by atoms with Gasteiger partial charge in [0, 0.05) is 12.6 Å². The number of benzene rings is 1. The molecule has 25 heavy (non-hydrogen) atoms. The van der Waals surface area contributed by atoms with Crippen LogP contribution in [-0.2, 0) is 14.8 Å². The molecule has 1 aromatic carbocycles. The van der Waals surface area contributed by atoms with Crippen molar-refractivity contribution in [2.45, 2.75) is 17.4 Å². The van der Waals surface area contributed by atoms with E-state index in [1.165, 1.54) is 17.0 Å². The second kappa shape index (κ2) is 7.44. The number of nitro benzene ring substituents is 1. The number of likely N-dealkylation sites (N-methyl/N-ethyl adjacent to an activating group) is 1. The summed E-state index contributed by atoms with van der Waals surface area (Å²) in [7, 11) is -0.641. The van der Waals surface area contributed by atoms with E-state index in [9.17, 15) is 23.3 Å². The van der Waals surface area contributed by atoms with Crippen LogP contribution >= 0.6 is 0 Å². The van der Waals surface area contributed by atoms with Gasteiger partial charge in [0.05, 0.1) is 22.4 Å². The molecular formula is C14H21N5O5S. The molecule has 1 fully saturated rings. The molecule has 1 aliphatic heterocycles. The Morgan fingerprint density at radius 3 is 2.60 bits per heavy atom. The van der Waals surface area contributed by atoms with Crippen LogP contribution in [-0.4, -0.2) is 63.9 Å². The largest absolute Gasteiger partial charge is 0.315 e. The first-order chi connectivity index (χ1) is 11.6. The molecule has 0 radical (unpaired) electrons. The van der Waals surface area contributed by atoms with Crippen LogP contribution in [0.15, 0.2) is 23.1 Å². The average molecular weight is 371 g/mol. The minimum atomic E-state index is -4.09. The molecular weight excluding hydrogens is 350 g/mol. The van der Waals surface area contributed by atoms with Crippen LogP contribution in [0.5, 0.6) is 0 Å². The second-order valence-electron chi connectivity index (χ2n) is 6.10. The molecule has 1 atom stereocenters. The predicted molar refractivity (Wildman–Crippen MR) is 91.8 cm³/mol. The fourth-order valence-corrected chi connectivity index (χ4v) is 3.30. The van der Waals surface area contributed by atoms with Gasteiger partial charge < -0.3 is 15.1 Å². The fourth-order valence-electron chi connectivity index (χ4n) is 2.77. The summed E-state index contributed by atoms with van der Waals surface area (Å²) in [5.41, 5.74) is -0.400. The molecule has 10 nitrogen and oxygen atoms in total. The van der Waals surface area contributed by atoms with Crippen molar-refractivity contribution >= 4 is 27.3 Å². The zero-order valence-electron chi connectivity index (χ0n) is 14.0. The van der Waals surface area contributed by atoms with Gasteiger partial charge in [0.1, 0.15) is 5.69 Å². The van der Waals surface area contributed by atoms with Gasteiger partial charge in [-0.2, -0.15) is 0 Å². The van der Waals surface area contributed by atoms with Crippen LogP contribution < -0.4 is 15.4 Å². The third kappa shape index (κ3) is 4.51. The minimum Gasteiger partial charge on any atom is -0.315 e. The van der Waals surface area contributed by atoms with Crippen LogP contribution in [0.1, 0.15) is 6.42 Å². The molecule has 0 unspecified atom stereocenters. The van der Waals surface area contributed by atoms with Gasteiger partial charge >= 0.3 is 0 Å². The average Bonchev–Trinajstić information content (AvgIpc) is 2.99. The molecule has 0 bridgehead atoms. The Bertz CT molecular complexity index is 774. The summed E-state index contributed by atoms with van der Waals surface area (Å²) in [5, 5.41) is 19.6. The maximum atomic E-state index is 12.7. The standard InChI is InChI=1S/C14H21N5O5S/c1-17(2)9-14(20)18(10-5-6-16-8-10)12-4-3-11(25(15,23)24)7-13(12)19(21)22/h3-4,7,10,16H,5-6,8-9H2,1-2H3,(H2,15,23,24)/t10-/m1/s1. The molecule has 3 N–H and O–H groups in total.